The molecule has 1 aliphatic heterocycles. The highest BCUT2D eigenvalue weighted by molar-refractivity contribution is 5.72. The summed E-state index contributed by atoms with van der Waals surface area (Å²) >= 11 is 0. The highest BCUT2D eigenvalue weighted by atomic mass is 16.5. The van der Waals surface area contributed by atoms with Gasteiger partial charge in [-0.3, -0.25) is 0 Å². The second kappa shape index (κ2) is 4.38. The molecule has 1 aliphatic rings. The van der Waals surface area contributed by atoms with Gasteiger partial charge < -0.3 is 14.8 Å². The fourth-order valence-corrected chi connectivity index (χ4v) is 1.55. The molecule has 0 radical (unpaired) electrons. The highest BCUT2D eigenvalue weighted by Crippen LogP contribution is 2.32. The smallest absolute Gasteiger partial charge is 0.241 e. The predicted molar refractivity (Wildman–Crippen MR) is 61.3 cm³/mol. The van der Waals surface area contributed by atoms with E-state index in [4.69, 9.17) is 9.47 Å². The predicted octanol–water partition coefficient (Wildman–Crippen LogP) is 1.68. The number of rotatable bonds is 3. The van der Waals surface area contributed by atoms with Crippen LogP contribution in [-0.4, -0.2) is 29.2 Å². The molecular formula is C11H15N3O2. The van der Waals surface area contributed by atoms with Crippen molar-refractivity contribution in [1.29, 1.82) is 0 Å². The molecule has 1 aromatic rings. The molecule has 1 unspecified atom stereocenters. The topological polar surface area (TPSA) is 56.3 Å². The molecule has 0 aliphatic carbocycles. The molecule has 0 amide bonds. The zero-order valence-corrected chi connectivity index (χ0v) is 9.49. The Morgan fingerprint density at radius 2 is 2.50 bits per heavy atom. The van der Waals surface area contributed by atoms with Gasteiger partial charge in [-0.25, -0.2) is 4.98 Å². The normalized spacial score (nSPS) is 18.0. The minimum atomic E-state index is 0.228. The lowest BCUT2D eigenvalue weighted by atomic mass is 10.2. The first-order valence-corrected chi connectivity index (χ1v) is 5.28. The van der Waals surface area contributed by atoms with E-state index in [1.54, 1.807) is 0 Å². The van der Waals surface area contributed by atoms with Crippen LogP contribution in [0.4, 0.5) is 5.69 Å². The molecule has 0 fully saturated rings. The van der Waals surface area contributed by atoms with Gasteiger partial charge >= 0.3 is 0 Å². The van der Waals surface area contributed by atoms with Gasteiger partial charge in [-0.2, -0.15) is 4.98 Å². The molecule has 0 spiro atoms. The standard InChI is InChI=1S/C11H15N3O2/c1-4-15-8(3)9-10-11(13-6-12-9)16-5-7(2)14-10/h6-7,14H,3-5H2,1-2H3. The van der Waals surface area contributed by atoms with Gasteiger partial charge in [0.2, 0.25) is 5.88 Å². The summed E-state index contributed by atoms with van der Waals surface area (Å²) in [4.78, 5) is 8.23. The molecule has 0 bridgehead atoms. The average Bonchev–Trinajstić information content (AvgIpc) is 2.28. The molecule has 86 valence electrons. The van der Waals surface area contributed by atoms with E-state index in [2.05, 4.69) is 21.9 Å². The Morgan fingerprint density at radius 3 is 3.25 bits per heavy atom. The fraction of sp³-hybridized carbons (Fsp3) is 0.455. The van der Waals surface area contributed by atoms with E-state index in [1.165, 1.54) is 6.33 Å². The van der Waals surface area contributed by atoms with Crippen molar-refractivity contribution in [2.75, 3.05) is 18.5 Å². The van der Waals surface area contributed by atoms with Gasteiger partial charge in [0, 0.05) is 0 Å². The molecule has 5 heteroatoms. The van der Waals surface area contributed by atoms with Crippen molar-refractivity contribution in [2.24, 2.45) is 0 Å². The summed E-state index contributed by atoms with van der Waals surface area (Å²) < 4.78 is 10.8. The van der Waals surface area contributed by atoms with Crippen LogP contribution in [0, 0.1) is 0 Å². The lowest BCUT2D eigenvalue weighted by molar-refractivity contribution is 0.276. The van der Waals surface area contributed by atoms with Crippen LogP contribution >= 0.6 is 0 Å². The zero-order valence-electron chi connectivity index (χ0n) is 9.49. The van der Waals surface area contributed by atoms with Gasteiger partial charge in [0.05, 0.1) is 12.6 Å². The second-order valence-electron chi connectivity index (χ2n) is 3.62. The molecule has 16 heavy (non-hydrogen) atoms. The third-order valence-electron chi connectivity index (χ3n) is 2.26. The molecule has 2 rings (SSSR count). The maximum absolute atomic E-state index is 5.49. The Morgan fingerprint density at radius 1 is 1.69 bits per heavy atom. The van der Waals surface area contributed by atoms with Crippen molar-refractivity contribution in [3.63, 3.8) is 0 Å². The highest BCUT2D eigenvalue weighted by Gasteiger charge is 2.22. The van der Waals surface area contributed by atoms with Crippen LogP contribution in [0.5, 0.6) is 5.88 Å². The third-order valence-corrected chi connectivity index (χ3v) is 2.26. The van der Waals surface area contributed by atoms with Crippen LogP contribution in [0.3, 0.4) is 0 Å². The molecule has 0 saturated heterocycles. The van der Waals surface area contributed by atoms with Crippen LogP contribution < -0.4 is 10.1 Å². The molecule has 0 saturated carbocycles. The zero-order chi connectivity index (χ0) is 11.5. The molecule has 5 nitrogen and oxygen atoms in total. The van der Waals surface area contributed by atoms with E-state index in [-0.39, 0.29) is 6.04 Å². The van der Waals surface area contributed by atoms with Crippen molar-refractivity contribution in [1.82, 2.24) is 9.97 Å². The van der Waals surface area contributed by atoms with Gasteiger partial charge in [-0.05, 0) is 13.8 Å². The van der Waals surface area contributed by atoms with Crippen molar-refractivity contribution < 1.29 is 9.47 Å². The van der Waals surface area contributed by atoms with Crippen LogP contribution in [0.1, 0.15) is 19.5 Å². The van der Waals surface area contributed by atoms with E-state index in [9.17, 15) is 0 Å². The van der Waals surface area contributed by atoms with Crippen LogP contribution in [0.15, 0.2) is 12.9 Å². The largest absolute Gasteiger partial charge is 0.492 e. The first-order valence-electron chi connectivity index (χ1n) is 5.28. The van der Waals surface area contributed by atoms with Crippen LogP contribution in [0.25, 0.3) is 5.76 Å². The lowest BCUT2D eigenvalue weighted by Gasteiger charge is -2.25. The fourth-order valence-electron chi connectivity index (χ4n) is 1.55. The number of ether oxygens (including phenoxy) is 2. The Hall–Kier alpha value is -1.78. The third kappa shape index (κ3) is 1.93. The molecule has 1 aromatic heterocycles. The average molecular weight is 221 g/mol. The monoisotopic (exact) mass is 221 g/mol. The summed E-state index contributed by atoms with van der Waals surface area (Å²) in [6, 6.07) is 0.228. The number of hydrogen-bond donors (Lipinski definition) is 1. The summed E-state index contributed by atoms with van der Waals surface area (Å²) in [5, 5.41) is 3.28. The van der Waals surface area contributed by atoms with E-state index < -0.39 is 0 Å². The number of fused-ring (bicyclic) bond motifs is 1. The Kier molecular flexibility index (Phi) is 2.94. The lowest BCUT2D eigenvalue weighted by Crippen LogP contribution is -2.29. The maximum atomic E-state index is 5.49. The first-order chi connectivity index (χ1) is 7.72. The number of nitrogens with one attached hydrogen (secondary N) is 1. The summed E-state index contributed by atoms with van der Waals surface area (Å²) in [5.41, 5.74) is 1.43. The van der Waals surface area contributed by atoms with Crippen LogP contribution in [-0.2, 0) is 4.74 Å². The van der Waals surface area contributed by atoms with Crippen molar-refractivity contribution in [3.05, 3.63) is 18.6 Å². The number of aromatic nitrogens is 2. The van der Waals surface area contributed by atoms with Crippen molar-refractivity contribution >= 4 is 11.4 Å². The molecule has 2 heterocycles. The van der Waals surface area contributed by atoms with Gasteiger partial charge in [-0.1, -0.05) is 6.58 Å². The molecule has 1 N–H and O–H groups in total. The summed E-state index contributed by atoms with van der Waals surface area (Å²) in [7, 11) is 0. The van der Waals surface area contributed by atoms with E-state index in [0.29, 0.717) is 30.5 Å². The SMILES string of the molecule is C=C(OCC)c1ncnc2c1NC(C)CO2. The second-order valence-corrected chi connectivity index (χ2v) is 3.62. The number of nitrogens with zero attached hydrogens (tertiary/aromatic N) is 2. The maximum Gasteiger partial charge on any atom is 0.241 e. The quantitative estimate of drug-likeness (QED) is 0.787. The van der Waals surface area contributed by atoms with E-state index in [1.807, 2.05) is 13.8 Å². The minimum absolute atomic E-state index is 0.228. The Labute approximate surface area is 94.5 Å². The van der Waals surface area contributed by atoms with Crippen LogP contribution in [0.2, 0.25) is 0 Å². The Balaban J connectivity index is 2.35. The van der Waals surface area contributed by atoms with Crippen molar-refractivity contribution in [3.8, 4) is 5.88 Å². The van der Waals surface area contributed by atoms with Gasteiger partial charge in [-0.15, -0.1) is 0 Å². The molecule has 0 aromatic carbocycles. The minimum Gasteiger partial charge on any atom is -0.492 e. The molecular weight excluding hydrogens is 206 g/mol. The number of anilines is 1. The van der Waals surface area contributed by atoms with Gasteiger partial charge in [0.25, 0.3) is 0 Å². The first kappa shape index (κ1) is 10.7. The van der Waals surface area contributed by atoms with Gasteiger partial charge in [0.15, 0.2) is 0 Å². The number of hydrogen-bond acceptors (Lipinski definition) is 5. The molecule has 1 atom stereocenters. The Bertz CT molecular complexity index is 406. The van der Waals surface area contributed by atoms with Crippen molar-refractivity contribution in [2.45, 2.75) is 19.9 Å². The van der Waals surface area contributed by atoms with E-state index in [0.717, 1.165) is 5.69 Å². The van der Waals surface area contributed by atoms with Gasteiger partial charge in [0.1, 0.15) is 30.1 Å². The summed E-state index contributed by atoms with van der Waals surface area (Å²) in [5.74, 6) is 1.09. The summed E-state index contributed by atoms with van der Waals surface area (Å²) in [6.07, 6.45) is 1.45. The summed E-state index contributed by atoms with van der Waals surface area (Å²) in [6.45, 7) is 8.94. The van der Waals surface area contributed by atoms with E-state index >= 15 is 0 Å².